The predicted molar refractivity (Wildman–Crippen MR) is 155 cm³/mol. The third-order valence-electron chi connectivity index (χ3n) is 6.01. The Labute approximate surface area is 239 Å². The molecule has 10 nitrogen and oxygen atoms in total. The first-order valence-corrected chi connectivity index (χ1v) is 16.8. The number of nitrogen functional groups attached to an aromatic ring is 1. The number of nitrogens with zero attached hydrogens (tertiary/aromatic N) is 4. The first-order chi connectivity index (χ1) is 19.4. The van der Waals surface area contributed by atoms with Crippen molar-refractivity contribution >= 4 is 46.2 Å². The van der Waals surface area contributed by atoms with Crippen LogP contribution >= 0.6 is 29.2 Å². The number of rotatable bonds is 12. The van der Waals surface area contributed by atoms with E-state index in [1.165, 1.54) is 24.5 Å². The van der Waals surface area contributed by atoms with Gasteiger partial charge in [-0.25, -0.2) is 23.9 Å². The SMILES string of the molecule is C[C@H](Cn1cnc2c(N)ncnc21)OCP(=O)(Oc1cccc(F)c1)O[C@H]1CSSC[C@@H]1OCc1ccccc1. The standard InChI is InChI=1S/C26H29FN5O5PS2/c1-18(11-32-16-31-24-25(28)29-15-30-26(24)32)35-17-38(33,36-21-9-5-8-20(27)10-21)37-23-14-40-39-13-22(23)34-12-19-6-3-2-4-7-19/h2-10,15-16,18,22-23H,11-14,17H2,1H3,(H2,28,29,30)/t18-,22+,23+,38?/m1/s1. The fourth-order valence-electron chi connectivity index (χ4n) is 4.03. The molecule has 212 valence electrons. The molecule has 0 amide bonds. The van der Waals surface area contributed by atoms with Crippen molar-refractivity contribution in [2.75, 3.05) is 23.6 Å². The number of hydrogen-bond donors (Lipinski definition) is 1. The summed E-state index contributed by atoms with van der Waals surface area (Å²) in [5.74, 6) is 1.05. The molecular weight excluding hydrogens is 576 g/mol. The first-order valence-electron chi connectivity index (χ1n) is 12.5. The highest BCUT2D eigenvalue weighted by molar-refractivity contribution is 8.76. The van der Waals surface area contributed by atoms with Gasteiger partial charge in [0.15, 0.2) is 17.8 Å². The number of imidazole rings is 1. The molecule has 0 saturated carbocycles. The molecule has 1 fully saturated rings. The van der Waals surface area contributed by atoms with Gasteiger partial charge in [-0.2, -0.15) is 0 Å². The fraction of sp³-hybridized carbons (Fsp3) is 0.346. The Morgan fingerprint density at radius 3 is 2.70 bits per heavy atom. The van der Waals surface area contributed by atoms with E-state index < -0.39 is 25.6 Å². The van der Waals surface area contributed by atoms with E-state index in [1.54, 1.807) is 32.5 Å². The molecule has 2 N–H and O–H groups in total. The normalized spacial score (nSPS) is 19.8. The number of aromatic nitrogens is 4. The van der Waals surface area contributed by atoms with Crippen molar-refractivity contribution in [2.45, 2.75) is 38.4 Å². The van der Waals surface area contributed by atoms with Crippen LogP contribution in [0.4, 0.5) is 10.2 Å². The maximum atomic E-state index is 14.1. The average Bonchev–Trinajstić information content (AvgIpc) is 3.36. The number of hydrogen-bond acceptors (Lipinski definition) is 11. The van der Waals surface area contributed by atoms with Gasteiger partial charge in [-0.15, -0.1) is 0 Å². The van der Waals surface area contributed by atoms with Gasteiger partial charge in [0.25, 0.3) is 0 Å². The minimum absolute atomic E-state index is 0.0898. The zero-order valence-electron chi connectivity index (χ0n) is 21.7. The third kappa shape index (κ3) is 7.54. The molecule has 40 heavy (non-hydrogen) atoms. The summed E-state index contributed by atoms with van der Waals surface area (Å²) >= 11 is 0. The second-order valence-corrected chi connectivity index (χ2v) is 13.6. The van der Waals surface area contributed by atoms with Crippen molar-refractivity contribution in [1.29, 1.82) is 0 Å². The lowest BCUT2D eigenvalue weighted by atomic mass is 10.2. The van der Waals surface area contributed by atoms with Crippen LogP contribution in [0.15, 0.2) is 67.3 Å². The number of ether oxygens (including phenoxy) is 2. The molecular formula is C26H29FN5O5PS2. The van der Waals surface area contributed by atoms with Gasteiger partial charge in [-0.3, -0.25) is 4.52 Å². The Morgan fingerprint density at radius 2 is 1.90 bits per heavy atom. The zero-order valence-corrected chi connectivity index (χ0v) is 24.2. The van der Waals surface area contributed by atoms with Crippen LogP contribution in [-0.2, 0) is 31.7 Å². The molecule has 14 heteroatoms. The maximum Gasteiger partial charge on any atom is 0.405 e. The second kappa shape index (κ2) is 13.3. The van der Waals surface area contributed by atoms with Crippen molar-refractivity contribution in [3.8, 4) is 5.75 Å². The van der Waals surface area contributed by atoms with E-state index in [4.69, 9.17) is 24.3 Å². The average molecular weight is 606 g/mol. The van der Waals surface area contributed by atoms with E-state index >= 15 is 0 Å². The Bertz CT molecular complexity index is 1470. The Balaban J connectivity index is 1.29. The quantitative estimate of drug-likeness (QED) is 0.162. The maximum absolute atomic E-state index is 14.1. The van der Waals surface area contributed by atoms with Crippen LogP contribution in [0.2, 0.25) is 0 Å². The van der Waals surface area contributed by atoms with Crippen LogP contribution in [-0.4, -0.2) is 55.7 Å². The van der Waals surface area contributed by atoms with Crippen molar-refractivity contribution in [3.63, 3.8) is 0 Å². The predicted octanol–water partition coefficient (Wildman–Crippen LogP) is 5.55. The summed E-state index contributed by atoms with van der Waals surface area (Å²) in [4.78, 5) is 12.5. The van der Waals surface area contributed by atoms with E-state index in [0.717, 1.165) is 11.6 Å². The van der Waals surface area contributed by atoms with E-state index in [-0.39, 0.29) is 24.0 Å². The number of benzene rings is 2. The van der Waals surface area contributed by atoms with E-state index in [9.17, 15) is 8.96 Å². The monoisotopic (exact) mass is 605 g/mol. The molecule has 2 aromatic carbocycles. The Hall–Kier alpha value is -2.67. The largest absolute Gasteiger partial charge is 0.423 e. The van der Waals surface area contributed by atoms with Gasteiger partial charge in [-0.05, 0) is 24.6 Å². The van der Waals surface area contributed by atoms with Crippen LogP contribution in [0.1, 0.15) is 12.5 Å². The van der Waals surface area contributed by atoms with Crippen molar-refractivity contribution in [3.05, 3.63) is 78.6 Å². The molecule has 4 aromatic rings. The van der Waals surface area contributed by atoms with Crippen LogP contribution < -0.4 is 10.3 Å². The topological polar surface area (TPSA) is 124 Å². The highest BCUT2D eigenvalue weighted by atomic mass is 33.1. The summed E-state index contributed by atoms with van der Waals surface area (Å²) in [6.45, 7) is 2.57. The van der Waals surface area contributed by atoms with E-state index in [0.29, 0.717) is 35.8 Å². The van der Waals surface area contributed by atoms with Gasteiger partial charge in [0, 0.05) is 17.6 Å². The summed E-state index contributed by atoms with van der Waals surface area (Å²) in [5, 5.41) is 0. The number of halogens is 1. The molecule has 5 rings (SSSR count). The molecule has 4 atom stereocenters. The fourth-order valence-corrected chi connectivity index (χ4v) is 8.21. The summed E-state index contributed by atoms with van der Waals surface area (Å²) < 4.78 is 53.9. The molecule has 1 aliphatic rings. The van der Waals surface area contributed by atoms with Gasteiger partial charge >= 0.3 is 7.60 Å². The minimum Gasteiger partial charge on any atom is -0.423 e. The molecule has 0 aliphatic carbocycles. The van der Waals surface area contributed by atoms with E-state index in [2.05, 4.69) is 15.0 Å². The van der Waals surface area contributed by atoms with Crippen molar-refractivity contribution in [2.24, 2.45) is 0 Å². The lowest BCUT2D eigenvalue weighted by molar-refractivity contribution is -0.0192. The molecule has 1 saturated heterocycles. The molecule has 0 radical (unpaired) electrons. The smallest absolute Gasteiger partial charge is 0.405 e. The summed E-state index contributed by atoms with van der Waals surface area (Å²) in [6.07, 6.45) is 1.34. The van der Waals surface area contributed by atoms with Crippen LogP contribution in [0.25, 0.3) is 11.2 Å². The van der Waals surface area contributed by atoms with Crippen LogP contribution in [0, 0.1) is 5.82 Å². The van der Waals surface area contributed by atoms with Gasteiger partial charge in [0.05, 0.1) is 31.7 Å². The number of anilines is 1. The minimum atomic E-state index is -3.92. The summed E-state index contributed by atoms with van der Waals surface area (Å²) in [7, 11) is -0.647. The second-order valence-electron chi connectivity index (χ2n) is 9.14. The molecule has 3 heterocycles. The molecule has 0 spiro atoms. The van der Waals surface area contributed by atoms with Gasteiger partial charge < -0.3 is 24.3 Å². The zero-order chi connectivity index (χ0) is 28.0. The highest BCUT2D eigenvalue weighted by Gasteiger charge is 2.38. The number of nitrogens with two attached hydrogens (primary N) is 1. The first kappa shape index (κ1) is 28.8. The van der Waals surface area contributed by atoms with Gasteiger partial charge in [0.2, 0.25) is 0 Å². The van der Waals surface area contributed by atoms with E-state index in [1.807, 2.05) is 37.3 Å². The molecule has 1 aliphatic heterocycles. The summed E-state index contributed by atoms with van der Waals surface area (Å²) in [5.41, 5.74) is 7.97. The van der Waals surface area contributed by atoms with Gasteiger partial charge in [0.1, 0.15) is 29.5 Å². The lowest BCUT2D eigenvalue weighted by Gasteiger charge is -2.33. The molecule has 0 bridgehead atoms. The Morgan fingerprint density at radius 1 is 1.10 bits per heavy atom. The Kier molecular flexibility index (Phi) is 9.61. The van der Waals surface area contributed by atoms with Crippen LogP contribution in [0.5, 0.6) is 5.75 Å². The van der Waals surface area contributed by atoms with Crippen molar-refractivity contribution < 1.29 is 27.5 Å². The molecule has 2 aromatic heterocycles. The van der Waals surface area contributed by atoms with Gasteiger partial charge in [-0.1, -0.05) is 58.0 Å². The molecule has 1 unspecified atom stereocenters. The number of fused-ring (bicyclic) bond motifs is 1. The lowest BCUT2D eigenvalue weighted by Crippen LogP contribution is -2.38. The summed E-state index contributed by atoms with van der Waals surface area (Å²) in [6, 6.07) is 15.3. The third-order valence-corrected chi connectivity index (χ3v) is 9.97. The van der Waals surface area contributed by atoms with Crippen LogP contribution in [0.3, 0.4) is 0 Å². The highest BCUT2D eigenvalue weighted by Crippen LogP contribution is 2.52. The van der Waals surface area contributed by atoms with Crippen molar-refractivity contribution in [1.82, 2.24) is 19.5 Å².